The van der Waals surface area contributed by atoms with Gasteiger partial charge in [-0.05, 0) is 36.4 Å². The minimum Gasteiger partial charge on any atom is -0.504 e. The number of halogens is 1. The van der Waals surface area contributed by atoms with E-state index in [1.807, 2.05) is 0 Å². The molecule has 0 radical (unpaired) electrons. The first-order valence-corrected chi connectivity index (χ1v) is 6.86. The minimum atomic E-state index is -0.332. The zero-order chi connectivity index (χ0) is 15.2. The Labute approximate surface area is 130 Å². The molecule has 0 heterocycles. The van der Waals surface area contributed by atoms with Gasteiger partial charge in [0.05, 0.1) is 13.3 Å². The Hall–Kier alpha value is -2.34. The number of hydrogen-bond acceptors (Lipinski definition) is 4. The number of amides is 1. The number of hydrogen-bond donors (Lipinski definition) is 2. The summed E-state index contributed by atoms with van der Waals surface area (Å²) in [7, 11) is 1.46. The van der Waals surface area contributed by atoms with Crippen LogP contribution in [0.2, 0.25) is 0 Å². The quantitative estimate of drug-likeness (QED) is 0.659. The zero-order valence-electron chi connectivity index (χ0n) is 11.2. The maximum Gasteiger partial charge on any atom is 0.271 e. The smallest absolute Gasteiger partial charge is 0.271 e. The number of nitrogens with zero attached hydrogens (tertiary/aromatic N) is 1. The number of para-hydroxylation sites is 1. The Morgan fingerprint density at radius 1 is 1.29 bits per heavy atom. The first-order valence-electron chi connectivity index (χ1n) is 6.06. The number of carbonyl (C=O) groups is 1. The summed E-state index contributed by atoms with van der Waals surface area (Å²) in [5.74, 6) is -0.0130. The van der Waals surface area contributed by atoms with Gasteiger partial charge in [-0.3, -0.25) is 4.79 Å². The van der Waals surface area contributed by atoms with Crippen molar-refractivity contribution in [1.82, 2.24) is 5.43 Å². The number of phenols is 1. The topological polar surface area (TPSA) is 70.9 Å². The molecule has 0 unspecified atom stereocenters. The molecular formula is C15H13BrN2O3. The highest BCUT2D eigenvalue weighted by molar-refractivity contribution is 9.10. The van der Waals surface area contributed by atoms with Crippen molar-refractivity contribution in [1.29, 1.82) is 0 Å². The van der Waals surface area contributed by atoms with E-state index in [0.717, 1.165) is 4.47 Å². The van der Waals surface area contributed by atoms with Crippen molar-refractivity contribution in [3.05, 3.63) is 58.1 Å². The van der Waals surface area contributed by atoms with Gasteiger partial charge in [0.1, 0.15) is 0 Å². The maximum atomic E-state index is 11.8. The molecule has 0 atom stereocenters. The van der Waals surface area contributed by atoms with Crippen LogP contribution in [-0.2, 0) is 0 Å². The number of aromatic hydroxyl groups is 1. The van der Waals surface area contributed by atoms with E-state index in [2.05, 4.69) is 26.5 Å². The van der Waals surface area contributed by atoms with Crippen LogP contribution in [0.25, 0.3) is 0 Å². The van der Waals surface area contributed by atoms with E-state index in [-0.39, 0.29) is 11.7 Å². The third-order valence-corrected chi connectivity index (χ3v) is 3.25. The maximum absolute atomic E-state index is 11.8. The molecule has 0 saturated heterocycles. The second kappa shape index (κ2) is 6.90. The summed E-state index contributed by atoms with van der Waals surface area (Å²) < 4.78 is 5.88. The van der Waals surface area contributed by atoms with E-state index in [0.29, 0.717) is 16.9 Å². The molecule has 2 rings (SSSR count). The Bertz CT molecular complexity index is 669. The fraction of sp³-hybridized carbons (Fsp3) is 0.0667. The lowest BCUT2D eigenvalue weighted by Gasteiger charge is -2.05. The van der Waals surface area contributed by atoms with Crippen molar-refractivity contribution in [3.63, 3.8) is 0 Å². The third kappa shape index (κ3) is 3.82. The number of ether oxygens (including phenoxy) is 1. The van der Waals surface area contributed by atoms with E-state index >= 15 is 0 Å². The molecule has 0 aromatic heterocycles. The molecular weight excluding hydrogens is 336 g/mol. The van der Waals surface area contributed by atoms with Crippen LogP contribution in [0.3, 0.4) is 0 Å². The molecule has 0 aliphatic rings. The number of nitrogens with one attached hydrogen (secondary N) is 1. The van der Waals surface area contributed by atoms with E-state index < -0.39 is 0 Å². The molecule has 2 aromatic rings. The molecule has 2 aromatic carbocycles. The van der Waals surface area contributed by atoms with Gasteiger partial charge in [-0.25, -0.2) is 5.43 Å². The normalized spacial score (nSPS) is 10.6. The fourth-order valence-electron chi connectivity index (χ4n) is 1.63. The Morgan fingerprint density at radius 3 is 2.67 bits per heavy atom. The molecule has 0 aliphatic carbocycles. The molecule has 0 bridgehead atoms. The highest BCUT2D eigenvalue weighted by Gasteiger charge is 2.06. The van der Waals surface area contributed by atoms with Crippen LogP contribution in [0.15, 0.2) is 52.0 Å². The summed E-state index contributed by atoms with van der Waals surface area (Å²) in [6, 6.07) is 11.9. The van der Waals surface area contributed by atoms with Crippen LogP contribution in [0.4, 0.5) is 0 Å². The van der Waals surface area contributed by atoms with E-state index in [9.17, 15) is 9.90 Å². The van der Waals surface area contributed by atoms with Gasteiger partial charge in [0, 0.05) is 15.6 Å². The molecule has 2 N–H and O–H groups in total. The van der Waals surface area contributed by atoms with Crippen LogP contribution < -0.4 is 10.2 Å². The number of phenolic OH excluding ortho intramolecular Hbond substituents is 1. The van der Waals surface area contributed by atoms with Gasteiger partial charge < -0.3 is 9.84 Å². The van der Waals surface area contributed by atoms with Crippen molar-refractivity contribution >= 4 is 28.1 Å². The summed E-state index contributed by atoms with van der Waals surface area (Å²) >= 11 is 3.30. The molecule has 5 nitrogen and oxygen atoms in total. The van der Waals surface area contributed by atoms with E-state index in [4.69, 9.17) is 4.74 Å². The van der Waals surface area contributed by atoms with Crippen LogP contribution in [0.5, 0.6) is 11.5 Å². The standard InChI is InChI=1S/C15H13BrN2O3/c1-21-13-4-2-3-11(14(13)19)9-17-18-15(20)10-5-7-12(16)8-6-10/h2-9,19H,1H3,(H,18,20)/b17-9+. The van der Waals surface area contributed by atoms with Gasteiger partial charge in [-0.1, -0.05) is 22.0 Å². The van der Waals surface area contributed by atoms with Gasteiger partial charge in [0.25, 0.3) is 5.91 Å². The molecule has 0 aliphatic heterocycles. The lowest BCUT2D eigenvalue weighted by molar-refractivity contribution is 0.0955. The lowest BCUT2D eigenvalue weighted by Crippen LogP contribution is -2.17. The summed E-state index contributed by atoms with van der Waals surface area (Å²) in [6.07, 6.45) is 1.36. The van der Waals surface area contributed by atoms with Crippen LogP contribution >= 0.6 is 15.9 Å². The van der Waals surface area contributed by atoms with Gasteiger partial charge >= 0.3 is 0 Å². The molecule has 108 valence electrons. The summed E-state index contributed by atoms with van der Waals surface area (Å²) in [4.78, 5) is 11.8. The van der Waals surface area contributed by atoms with E-state index in [1.165, 1.54) is 13.3 Å². The first-order chi connectivity index (χ1) is 10.1. The summed E-state index contributed by atoms with van der Waals surface area (Å²) in [5, 5.41) is 13.7. The molecule has 0 saturated carbocycles. The predicted octanol–water partition coefficient (Wildman–Crippen LogP) is 2.93. The van der Waals surface area contributed by atoms with Crippen molar-refractivity contribution in [2.45, 2.75) is 0 Å². The largest absolute Gasteiger partial charge is 0.504 e. The molecule has 21 heavy (non-hydrogen) atoms. The Kier molecular flexibility index (Phi) is 4.94. The number of hydrazone groups is 1. The number of benzene rings is 2. The SMILES string of the molecule is COc1cccc(/C=N/NC(=O)c2ccc(Br)cc2)c1O. The van der Waals surface area contributed by atoms with Gasteiger partial charge in [-0.15, -0.1) is 0 Å². The lowest BCUT2D eigenvalue weighted by atomic mass is 10.2. The van der Waals surface area contributed by atoms with Crippen molar-refractivity contribution in [2.24, 2.45) is 5.10 Å². The average molecular weight is 349 g/mol. The second-order valence-corrected chi connectivity index (χ2v) is 5.02. The number of carbonyl (C=O) groups excluding carboxylic acids is 1. The van der Waals surface area contributed by atoms with Gasteiger partial charge in [-0.2, -0.15) is 5.10 Å². The Balaban J connectivity index is 2.05. The highest BCUT2D eigenvalue weighted by atomic mass is 79.9. The molecule has 1 amide bonds. The Morgan fingerprint density at radius 2 is 2.00 bits per heavy atom. The van der Waals surface area contributed by atoms with Crippen molar-refractivity contribution in [3.8, 4) is 11.5 Å². The molecule has 0 spiro atoms. The minimum absolute atomic E-state index is 0.0263. The summed E-state index contributed by atoms with van der Waals surface area (Å²) in [5.41, 5.74) is 3.34. The third-order valence-electron chi connectivity index (χ3n) is 2.73. The predicted molar refractivity (Wildman–Crippen MR) is 83.9 cm³/mol. The van der Waals surface area contributed by atoms with Crippen molar-refractivity contribution < 1.29 is 14.6 Å². The number of rotatable bonds is 4. The first kappa shape index (κ1) is 15.1. The van der Waals surface area contributed by atoms with Gasteiger partial charge in [0.15, 0.2) is 11.5 Å². The van der Waals surface area contributed by atoms with Gasteiger partial charge in [0.2, 0.25) is 0 Å². The molecule has 0 fully saturated rings. The second-order valence-electron chi connectivity index (χ2n) is 4.10. The van der Waals surface area contributed by atoms with E-state index in [1.54, 1.807) is 42.5 Å². The zero-order valence-corrected chi connectivity index (χ0v) is 12.8. The highest BCUT2D eigenvalue weighted by Crippen LogP contribution is 2.27. The van der Waals surface area contributed by atoms with Crippen LogP contribution in [-0.4, -0.2) is 24.3 Å². The average Bonchev–Trinajstić information content (AvgIpc) is 2.49. The number of methoxy groups -OCH3 is 1. The summed E-state index contributed by atoms with van der Waals surface area (Å²) in [6.45, 7) is 0. The monoisotopic (exact) mass is 348 g/mol. The van der Waals surface area contributed by atoms with Crippen molar-refractivity contribution in [2.75, 3.05) is 7.11 Å². The van der Waals surface area contributed by atoms with Crippen LogP contribution in [0, 0.1) is 0 Å². The van der Waals surface area contributed by atoms with Crippen LogP contribution in [0.1, 0.15) is 15.9 Å². The molecule has 6 heteroatoms. The fourth-order valence-corrected chi connectivity index (χ4v) is 1.90.